The quantitative estimate of drug-likeness (QED) is 0.791. The van der Waals surface area contributed by atoms with Crippen molar-refractivity contribution in [3.05, 3.63) is 35.8 Å². The zero-order valence-corrected chi connectivity index (χ0v) is 15.7. The molecule has 0 aromatic carbocycles. The van der Waals surface area contributed by atoms with Crippen LogP contribution in [0.25, 0.3) is 5.65 Å². The van der Waals surface area contributed by atoms with E-state index in [9.17, 15) is 9.59 Å². The number of aromatic nitrogens is 2. The molecular formula is C20H26N4O2. The molecule has 4 rings (SSSR count). The normalized spacial score (nSPS) is 26.0. The molecule has 0 radical (unpaired) electrons. The van der Waals surface area contributed by atoms with Gasteiger partial charge in [-0.05, 0) is 51.2 Å². The van der Waals surface area contributed by atoms with Crippen LogP contribution in [0.1, 0.15) is 55.6 Å². The fraction of sp³-hybridized carbons (Fsp3) is 0.550. The van der Waals surface area contributed by atoms with E-state index >= 15 is 0 Å². The summed E-state index contributed by atoms with van der Waals surface area (Å²) in [4.78, 5) is 34.0. The lowest BCUT2D eigenvalue weighted by molar-refractivity contribution is -0.140. The van der Waals surface area contributed by atoms with E-state index in [1.54, 1.807) is 6.92 Å². The van der Waals surface area contributed by atoms with Crippen LogP contribution in [0, 0.1) is 6.92 Å². The molecule has 0 saturated carbocycles. The van der Waals surface area contributed by atoms with Crippen molar-refractivity contribution >= 4 is 17.5 Å². The molecule has 2 aromatic heterocycles. The number of carbonyl (C=O) groups excluding carboxylic acids is 2. The van der Waals surface area contributed by atoms with E-state index in [0.717, 1.165) is 50.0 Å². The summed E-state index contributed by atoms with van der Waals surface area (Å²) in [6, 6.07) is 4.06. The molecule has 0 N–H and O–H groups in total. The zero-order chi connectivity index (χ0) is 18.5. The van der Waals surface area contributed by atoms with E-state index < -0.39 is 0 Å². The SMILES string of the molecule is CC(=O)N1CCC[C@@]2(C)[C@@H]1CCCN2C(=O)c1cn2cccc(C)c2n1. The Labute approximate surface area is 153 Å². The van der Waals surface area contributed by atoms with Gasteiger partial charge in [0.15, 0.2) is 0 Å². The predicted molar refractivity (Wildman–Crippen MR) is 99.0 cm³/mol. The highest BCUT2D eigenvalue weighted by Gasteiger charge is 2.50. The number of nitrogens with zero attached hydrogens (tertiary/aromatic N) is 4. The minimum Gasteiger partial charge on any atom is -0.338 e. The molecule has 0 bridgehead atoms. The van der Waals surface area contributed by atoms with Crippen molar-refractivity contribution in [2.45, 2.75) is 58.0 Å². The molecular weight excluding hydrogens is 328 g/mol. The Balaban J connectivity index is 1.70. The van der Waals surface area contributed by atoms with Crippen molar-refractivity contribution in [2.75, 3.05) is 13.1 Å². The largest absolute Gasteiger partial charge is 0.338 e. The number of piperidine rings is 2. The van der Waals surface area contributed by atoms with E-state index in [2.05, 4.69) is 11.9 Å². The van der Waals surface area contributed by atoms with Gasteiger partial charge >= 0.3 is 0 Å². The minimum atomic E-state index is -0.315. The van der Waals surface area contributed by atoms with Crippen LogP contribution >= 0.6 is 0 Å². The first-order valence-electron chi connectivity index (χ1n) is 9.45. The second-order valence-electron chi connectivity index (χ2n) is 7.84. The van der Waals surface area contributed by atoms with Gasteiger partial charge in [-0.3, -0.25) is 9.59 Å². The standard InChI is InChI=1S/C20H26N4O2/c1-14-7-4-10-22-13-16(21-18(14)22)19(26)24-12-5-8-17-20(24,3)9-6-11-23(17)15(2)25/h4,7,10,13,17H,5-6,8-9,11-12H2,1-3H3/t17-,20-/m0/s1. The van der Waals surface area contributed by atoms with Crippen LogP contribution in [0.3, 0.4) is 0 Å². The van der Waals surface area contributed by atoms with Crippen molar-refractivity contribution < 1.29 is 9.59 Å². The van der Waals surface area contributed by atoms with Gasteiger partial charge in [0.2, 0.25) is 5.91 Å². The number of rotatable bonds is 1. The number of hydrogen-bond donors (Lipinski definition) is 0. The molecule has 0 spiro atoms. The average Bonchev–Trinajstić information content (AvgIpc) is 3.05. The number of aryl methyl sites for hydroxylation is 1. The number of hydrogen-bond acceptors (Lipinski definition) is 3. The Hall–Kier alpha value is -2.37. The average molecular weight is 354 g/mol. The van der Waals surface area contributed by atoms with Gasteiger partial charge in [0, 0.05) is 32.4 Å². The zero-order valence-electron chi connectivity index (χ0n) is 15.7. The first kappa shape index (κ1) is 17.1. The summed E-state index contributed by atoms with van der Waals surface area (Å²) in [5, 5.41) is 0. The molecule has 2 amide bonds. The minimum absolute atomic E-state index is 0.0225. The summed E-state index contributed by atoms with van der Waals surface area (Å²) in [5.41, 5.74) is 2.05. The summed E-state index contributed by atoms with van der Waals surface area (Å²) in [7, 11) is 0. The summed E-state index contributed by atoms with van der Waals surface area (Å²) in [6.45, 7) is 7.30. The van der Waals surface area contributed by atoms with Crippen LogP contribution in [0.5, 0.6) is 0 Å². The molecule has 26 heavy (non-hydrogen) atoms. The Kier molecular flexibility index (Phi) is 4.01. The van der Waals surface area contributed by atoms with Crippen LogP contribution < -0.4 is 0 Å². The van der Waals surface area contributed by atoms with E-state index in [-0.39, 0.29) is 23.4 Å². The maximum absolute atomic E-state index is 13.4. The van der Waals surface area contributed by atoms with Gasteiger partial charge in [-0.1, -0.05) is 6.07 Å². The van der Waals surface area contributed by atoms with E-state index in [1.807, 2.05) is 45.7 Å². The molecule has 2 aliphatic rings. The van der Waals surface area contributed by atoms with Crippen LogP contribution in [-0.4, -0.2) is 55.7 Å². The fourth-order valence-corrected chi connectivity index (χ4v) is 4.85. The molecule has 2 atom stereocenters. The van der Waals surface area contributed by atoms with Gasteiger partial charge in [-0.25, -0.2) is 4.98 Å². The van der Waals surface area contributed by atoms with Crippen molar-refractivity contribution in [3.8, 4) is 0 Å². The third kappa shape index (κ3) is 2.50. The smallest absolute Gasteiger partial charge is 0.274 e. The van der Waals surface area contributed by atoms with E-state index in [1.165, 1.54) is 0 Å². The number of amides is 2. The molecule has 0 unspecified atom stereocenters. The van der Waals surface area contributed by atoms with Gasteiger partial charge in [0.25, 0.3) is 5.91 Å². The van der Waals surface area contributed by atoms with E-state index in [4.69, 9.17) is 0 Å². The summed E-state index contributed by atoms with van der Waals surface area (Å²) < 4.78 is 1.91. The molecule has 6 nitrogen and oxygen atoms in total. The van der Waals surface area contributed by atoms with Gasteiger partial charge in [-0.15, -0.1) is 0 Å². The third-order valence-electron chi connectivity index (χ3n) is 6.20. The summed E-state index contributed by atoms with van der Waals surface area (Å²) >= 11 is 0. The molecule has 0 aliphatic carbocycles. The first-order chi connectivity index (χ1) is 12.4. The predicted octanol–water partition coefficient (Wildman–Crippen LogP) is 2.65. The highest BCUT2D eigenvalue weighted by Crippen LogP contribution is 2.39. The van der Waals surface area contributed by atoms with Gasteiger partial charge < -0.3 is 14.2 Å². The van der Waals surface area contributed by atoms with Crippen molar-refractivity contribution in [2.24, 2.45) is 0 Å². The Morgan fingerprint density at radius 1 is 1.27 bits per heavy atom. The Morgan fingerprint density at radius 2 is 2.08 bits per heavy atom. The molecule has 6 heteroatoms. The molecule has 4 heterocycles. The van der Waals surface area contributed by atoms with Crippen LogP contribution in [0.4, 0.5) is 0 Å². The maximum Gasteiger partial charge on any atom is 0.274 e. The van der Waals surface area contributed by atoms with Crippen molar-refractivity contribution in [1.29, 1.82) is 0 Å². The second-order valence-corrected chi connectivity index (χ2v) is 7.84. The number of fused-ring (bicyclic) bond motifs is 2. The maximum atomic E-state index is 13.4. The molecule has 138 valence electrons. The topological polar surface area (TPSA) is 57.9 Å². The monoisotopic (exact) mass is 354 g/mol. The molecule has 2 fully saturated rings. The number of imidazole rings is 1. The van der Waals surface area contributed by atoms with Gasteiger partial charge in [0.05, 0.1) is 11.6 Å². The first-order valence-corrected chi connectivity index (χ1v) is 9.45. The van der Waals surface area contributed by atoms with Crippen LogP contribution in [0.15, 0.2) is 24.5 Å². The third-order valence-corrected chi connectivity index (χ3v) is 6.20. The van der Waals surface area contributed by atoms with Gasteiger partial charge in [-0.2, -0.15) is 0 Å². The fourth-order valence-electron chi connectivity index (χ4n) is 4.85. The van der Waals surface area contributed by atoms with E-state index in [0.29, 0.717) is 5.69 Å². The van der Waals surface area contributed by atoms with Crippen LogP contribution in [0.2, 0.25) is 0 Å². The number of carbonyl (C=O) groups is 2. The lowest BCUT2D eigenvalue weighted by Gasteiger charge is -2.56. The lowest BCUT2D eigenvalue weighted by atomic mass is 9.76. The lowest BCUT2D eigenvalue weighted by Crippen LogP contribution is -2.68. The van der Waals surface area contributed by atoms with Crippen LogP contribution in [-0.2, 0) is 4.79 Å². The molecule has 2 aliphatic heterocycles. The summed E-state index contributed by atoms with van der Waals surface area (Å²) in [5.74, 6) is 0.0873. The van der Waals surface area contributed by atoms with Crippen molar-refractivity contribution in [1.82, 2.24) is 19.2 Å². The highest BCUT2D eigenvalue weighted by atomic mass is 16.2. The highest BCUT2D eigenvalue weighted by molar-refractivity contribution is 5.94. The number of likely N-dealkylation sites (tertiary alicyclic amines) is 2. The number of pyridine rings is 1. The van der Waals surface area contributed by atoms with Gasteiger partial charge in [0.1, 0.15) is 11.3 Å². The Bertz CT molecular complexity index is 874. The van der Waals surface area contributed by atoms with Crippen molar-refractivity contribution in [3.63, 3.8) is 0 Å². The Morgan fingerprint density at radius 3 is 2.81 bits per heavy atom. The second kappa shape index (κ2) is 6.11. The molecule has 2 aromatic rings. The molecule has 2 saturated heterocycles. The summed E-state index contributed by atoms with van der Waals surface area (Å²) in [6.07, 6.45) is 7.49.